The zero-order valence-electron chi connectivity index (χ0n) is 10.9. The van der Waals surface area contributed by atoms with Crippen LogP contribution in [0.1, 0.15) is 26.3 Å². The van der Waals surface area contributed by atoms with Gasteiger partial charge in [-0.2, -0.15) is 0 Å². The van der Waals surface area contributed by atoms with Gasteiger partial charge in [-0.15, -0.1) is 11.6 Å². The van der Waals surface area contributed by atoms with Crippen molar-refractivity contribution < 1.29 is 14.6 Å². The molecule has 0 amide bonds. The topological polar surface area (TPSA) is 46.5 Å². The molecule has 2 atom stereocenters. The van der Waals surface area contributed by atoms with Gasteiger partial charge in [0, 0.05) is 0 Å². The Bertz CT molecular complexity index is 391. The van der Waals surface area contributed by atoms with E-state index in [-0.39, 0.29) is 12.5 Å². The molecule has 0 saturated carbocycles. The van der Waals surface area contributed by atoms with E-state index < -0.39 is 16.9 Å². The van der Waals surface area contributed by atoms with Gasteiger partial charge in [-0.1, -0.05) is 44.2 Å². The van der Waals surface area contributed by atoms with E-state index >= 15 is 0 Å². The number of carbonyl (C=O) groups excluding carboxylic acids is 1. The highest BCUT2D eigenvalue weighted by Crippen LogP contribution is 2.40. The summed E-state index contributed by atoms with van der Waals surface area (Å²) in [5, 5.41) is 10.2. The van der Waals surface area contributed by atoms with Crippen LogP contribution >= 0.6 is 11.6 Å². The number of benzene rings is 1. The van der Waals surface area contributed by atoms with Crippen molar-refractivity contribution in [2.45, 2.75) is 31.7 Å². The Balaban J connectivity index is 3.12. The van der Waals surface area contributed by atoms with Gasteiger partial charge >= 0.3 is 5.97 Å². The number of carbonyl (C=O) groups is 1. The van der Waals surface area contributed by atoms with E-state index in [2.05, 4.69) is 0 Å². The van der Waals surface area contributed by atoms with E-state index in [1.807, 2.05) is 32.0 Å². The first-order chi connectivity index (χ1) is 8.44. The molecule has 1 rings (SSSR count). The van der Waals surface area contributed by atoms with Crippen molar-refractivity contribution in [3.63, 3.8) is 0 Å². The molecule has 0 aromatic heterocycles. The number of hydrogen-bond donors (Lipinski definition) is 1. The molecular weight excluding hydrogens is 252 g/mol. The fraction of sp³-hybridized carbons (Fsp3) is 0.500. The molecule has 1 aromatic rings. The summed E-state index contributed by atoms with van der Waals surface area (Å²) in [6.07, 6.45) is -1.39. The molecule has 3 nitrogen and oxygen atoms in total. The number of ether oxygens (including phenoxy) is 1. The van der Waals surface area contributed by atoms with Crippen LogP contribution in [-0.4, -0.2) is 23.8 Å². The summed E-state index contributed by atoms with van der Waals surface area (Å²) < 4.78 is 4.85. The van der Waals surface area contributed by atoms with E-state index in [0.717, 1.165) is 0 Å². The van der Waals surface area contributed by atoms with Crippen LogP contribution in [0, 0.1) is 5.92 Å². The summed E-state index contributed by atoms with van der Waals surface area (Å²) in [5.74, 6) is -0.814. The van der Waals surface area contributed by atoms with Crippen molar-refractivity contribution >= 4 is 17.6 Å². The average Bonchev–Trinajstić information content (AvgIpc) is 2.38. The van der Waals surface area contributed by atoms with Crippen LogP contribution in [0.15, 0.2) is 30.3 Å². The van der Waals surface area contributed by atoms with Gasteiger partial charge in [-0.3, -0.25) is 0 Å². The van der Waals surface area contributed by atoms with Crippen molar-refractivity contribution in [3.8, 4) is 0 Å². The smallest absolute Gasteiger partial charge is 0.337 e. The lowest BCUT2D eigenvalue weighted by Crippen LogP contribution is -2.45. The van der Waals surface area contributed by atoms with E-state index in [1.54, 1.807) is 19.1 Å². The first-order valence-corrected chi connectivity index (χ1v) is 6.41. The molecule has 0 unspecified atom stereocenters. The molecule has 0 radical (unpaired) electrons. The van der Waals surface area contributed by atoms with Crippen molar-refractivity contribution in [3.05, 3.63) is 35.9 Å². The molecule has 0 saturated heterocycles. The Kier molecular flexibility index (Phi) is 5.17. The molecule has 0 fully saturated rings. The van der Waals surface area contributed by atoms with Crippen LogP contribution in [0.25, 0.3) is 0 Å². The fourth-order valence-corrected chi connectivity index (χ4v) is 2.11. The number of esters is 1. The van der Waals surface area contributed by atoms with Gasteiger partial charge in [0.05, 0.1) is 6.61 Å². The zero-order valence-corrected chi connectivity index (χ0v) is 11.6. The van der Waals surface area contributed by atoms with Crippen LogP contribution in [0.3, 0.4) is 0 Å². The Morgan fingerprint density at radius 1 is 1.39 bits per heavy atom. The molecule has 1 N–H and O–H groups in total. The number of alkyl halides is 1. The van der Waals surface area contributed by atoms with Gasteiger partial charge in [-0.25, -0.2) is 4.79 Å². The van der Waals surface area contributed by atoms with Crippen LogP contribution in [-0.2, 0) is 14.4 Å². The molecule has 0 heterocycles. The van der Waals surface area contributed by atoms with Gasteiger partial charge in [0.25, 0.3) is 0 Å². The van der Waals surface area contributed by atoms with Crippen LogP contribution in [0.5, 0.6) is 0 Å². The first-order valence-electron chi connectivity index (χ1n) is 6.03. The van der Waals surface area contributed by atoms with Crippen LogP contribution < -0.4 is 0 Å². The van der Waals surface area contributed by atoms with Crippen LogP contribution in [0.2, 0.25) is 0 Å². The molecule has 4 heteroatoms. The Morgan fingerprint density at radius 3 is 2.39 bits per heavy atom. The number of rotatable bonds is 5. The lowest BCUT2D eigenvalue weighted by Gasteiger charge is -2.34. The molecule has 18 heavy (non-hydrogen) atoms. The third kappa shape index (κ3) is 2.85. The predicted molar refractivity (Wildman–Crippen MR) is 71.5 cm³/mol. The second-order valence-electron chi connectivity index (χ2n) is 4.44. The number of aliphatic hydroxyl groups is 1. The van der Waals surface area contributed by atoms with Crippen molar-refractivity contribution in [2.75, 3.05) is 6.61 Å². The van der Waals surface area contributed by atoms with Gasteiger partial charge in [0.1, 0.15) is 4.87 Å². The predicted octanol–water partition coefficient (Wildman–Crippen LogP) is 2.70. The summed E-state index contributed by atoms with van der Waals surface area (Å²) in [7, 11) is 0. The standard InChI is InChI=1S/C14H19ClO3/c1-4-18-13(17)12(16)14(15,10(2)3)11-8-6-5-7-9-11/h5-10,12,16H,4H2,1-3H3/t12-,14-/m1/s1. The molecule has 0 bridgehead atoms. The minimum Gasteiger partial charge on any atom is -0.464 e. The summed E-state index contributed by atoms with van der Waals surface area (Å²) in [6.45, 7) is 5.64. The molecular formula is C14H19ClO3. The molecule has 0 aliphatic heterocycles. The second kappa shape index (κ2) is 6.21. The van der Waals surface area contributed by atoms with Crippen molar-refractivity contribution in [1.29, 1.82) is 0 Å². The Labute approximate surface area is 113 Å². The Morgan fingerprint density at radius 2 is 1.94 bits per heavy atom. The minimum absolute atomic E-state index is 0.124. The van der Waals surface area contributed by atoms with Gasteiger partial charge in [0.2, 0.25) is 0 Å². The number of aliphatic hydroxyl groups excluding tert-OH is 1. The maximum Gasteiger partial charge on any atom is 0.337 e. The summed E-state index contributed by atoms with van der Waals surface area (Å²) >= 11 is 6.53. The third-order valence-corrected chi connectivity index (χ3v) is 3.83. The number of hydrogen-bond acceptors (Lipinski definition) is 3. The van der Waals surface area contributed by atoms with Crippen LogP contribution in [0.4, 0.5) is 0 Å². The molecule has 0 spiro atoms. The Hall–Kier alpha value is -1.06. The van der Waals surface area contributed by atoms with Gasteiger partial charge in [0.15, 0.2) is 6.10 Å². The molecule has 0 aliphatic carbocycles. The monoisotopic (exact) mass is 270 g/mol. The van der Waals surface area contributed by atoms with Gasteiger partial charge < -0.3 is 9.84 Å². The van der Waals surface area contributed by atoms with E-state index in [4.69, 9.17) is 16.3 Å². The maximum absolute atomic E-state index is 11.7. The minimum atomic E-state index is -1.39. The van der Waals surface area contributed by atoms with E-state index in [1.165, 1.54) is 0 Å². The zero-order chi connectivity index (χ0) is 13.8. The molecule has 1 aromatic carbocycles. The summed E-state index contributed by atoms with van der Waals surface area (Å²) in [6, 6.07) is 9.11. The lowest BCUT2D eigenvalue weighted by atomic mass is 9.83. The average molecular weight is 271 g/mol. The van der Waals surface area contributed by atoms with Crippen molar-refractivity contribution in [2.24, 2.45) is 5.92 Å². The molecule has 100 valence electrons. The van der Waals surface area contributed by atoms with E-state index in [9.17, 15) is 9.90 Å². The highest BCUT2D eigenvalue weighted by Gasteiger charge is 2.45. The normalized spacial score (nSPS) is 16.1. The number of halogens is 1. The first kappa shape index (κ1) is 15.0. The SMILES string of the molecule is CCOC(=O)[C@@H](O)[C@](Cl)(c1ccccc1)C(C)C. The molecule has 0 aliphatic rings. The maximum atomic E-state index is 11.7. The van der Waals surface area contributed by atoms with Gasteiger partial charge in [-0.05, 0) is 18.4 Å². The van der Waals surface area contributed by atoms with E-state index in [0.29, 0.717) is 5.56 Å². The second-order valence-corrected chi connectivity index (χ2v) is 5.07. The highest BCUT2D eigenvalue weighted by atomic mass is 35.5. The van der Waals surface area contributed by atoms with Crippen molar-refractivity contribution in [1.82, 2.24) is 0 Å². The largest absolute Gasteiger partial charge is 0.464 e. The highest BCUT2D eigenvalue weighted by molar-refractivity contribution is 6.26. The third-order valence-electron chi connectivity index (χ3n) is 2.96. The fourth-order valence-electron chi connectivity index (χ4n) is 1.89. The lowest BCUT2D eigenvalue weighted by molar-refractivity contribution is -0.156. The quantitative estimate of drug-likeness (QED) is 0.661. The summed E-state index contributed by atoms with van der Waals surface area (Å²) in [4.78, 5) is 10.5. The summed E-state index contributed by atoms with van der Waals surface area (Å²) in [5.41, 5.74) is 0.710.